The van der Waals surface area contributed by atoms with Gasteiger partial charge in [0.2, 0.25) is 0 Å². The third-order valence-corrected chi connectivity index (χ3v) is 3.34. The average Bonchev–Trinajstić information content (AvgIpc) is 2.71. The molecule has 0 amide bonds. The van der Waals surface area contributed by atoms with Crippen LogP contribution in [0, 0.1) is 0 Å². The van der Waals surface area contributed by atoms with E-state index >= 15 is 0 Å². The fraction of sp³-hybridized carbons (Fsp3) is 0.667. The Morgan fingerprint density at radius 3 is 3.15 bits per heavy atom. The van der Waals surface area contributed by atoms with Crippen LogP contribution < -0.4 is 5.73 Å². The van der Waals surface area contributed by atoms with Gasteiger partial charge in [-0.2, -0.15) is 0 Å². The van der Waals surface area contributed by atoms with Crippen molar-refractivity contribution in [2.75, 3.05) is 12.3 Å². The van der Waals surface area contributed by atoms with Crippen molar-refractivity contribution in [1.29, 1.82) is 0 Å². The number of nitrogen functional groups attached to an aromatic ring is 1. The fourth-order valence-electron chi connectivity index (χ4n) is 1.68. The van der Waals surface area contributed by atoms with Crippen molar-refractivity contribution >= 4 is 16.5 Å². The van der Waals surface area contributed by atoms with E-state index in [1.54, 1.807) is 11.3 Å². The highest BCUT2D eigenvalue weighted by Gasteiger charge is 2.23. The molecule has 0 aliphatic carbocycles. The molecule has 0 aromatic carbocycles. The lowest BCUT2D eigenvalue weighted by molar-refractivity contribution is 0.108. The Morgan fingerprint density at radius 2 is 2.54 bits per heavy atom. The predicted molar refractivity (Wildman–Crippen MR) is 53.8 cm³/mol. The van der Waals surface area contributed by atoms with E-state index in [0.29, 0.717) is 5.13 Å². The average molecular weight is 198 g/mol. The summed E-state index contributed by atoms with van der Waals surface area (Å²) in [6.45, 7) is 3.00. The summed E-state index contributed by atoms with van der Waals surface area (Å²) in [4.78, 5) is 5.62. The molecule has 2 N–H and O–H groups in total. The molecular weight excluding hydrogens is 184 g/mol. The van der Waals surface area contributed by atoms with Gasteiger partial charge in [-0.3, -0.25) is 0 Å². The number of aromatic nitrogens is 1. The van der Waals surface area contributed by atoms with E-state index in [4.69, 9.17) is 10.5 Å². The van der Waals surface area contributed by atoms with Crippen LogP contribution in [-0.2, 0) is 11.2 Å². The molecule has 4 heteroatoms. The summed E-state index contributed by atoms with van der Waals surface area (Å²) in [5, 5.41) is 0.669. The molecule has 1 aromatic heterocycles. The molecule has 3 nitrogen and oxygen atoms in total. The number of anilines is 1. The van der Waals surface area contributed by atoms with Gasteiger partial charge in [0.05, 0.1) is 5.69 Å². The molecule has 1 saturated heterocycles. The molecule has 1 aromatic rings. The summed E-state index contributed by atoms with van der Waals surface area (Å²) in [6, 6.07) is 0. The first kappa shape index (κ1) is 8.97. The lowest BCUT2D eigenvalue weighted by atomic mass is 10.1. The second-order valence-electron chi connectivity index (χ2n) is 3.22. The molecule has 1 unspecified atom stereocenters. The number of nitrogens with zero attached hydrogens (tertiary/aromatic N) is 1. The smallest absolute Gasteiger partial charge is 0.180 e. The molecule has 0 radical (unpaired) electrons. The third kappa shape index (κ3) is 1.69. The molecule has 1 aliphatic heterocycles. The van der Waals surface area contributed by atoms with E-state index in [1.807, 2.05) is 0 Å². The SMILES string of the molecule is CCc1sc(N)nc1C1CCCO1. The molecule has 0 bridgehead atoms. The number of ether oxygens (including phenoxy) is 1. The van der Waals surface area contributed by atoms with Gasteiger partial charge in [-0.1, -0.05) is 6.92 Å². The first-order valence-corrected chi connectivity index (χ1v) is 5.49. The molecule has 0 saturated carbocycles. The summed E-state index contributed by atoms with van der Waals surface area (Å²) in [5.74, 6) is 0. The maximum atomic E-state index is 5.67. The Kier molecular flexibility index (Phi) is 2.51. The van der Waals surface area contributed by atoms with Gasteiger partial charge in [0.1, 0.15) is 6.10 Å². The van der Waals surface area contributed by atoms with Gasteiger partial charge in [-0.25, -0.2) is 4.98 Å². The monoisotopic (exact) mass is 198 g/mol. The van der Waals surface area contributed by atoms with Crippen molar-refractivity contribution in [2.24, 2.45) is 0 Å². The van der Waals surface area contributed by atoms with Gasteiger partial charge in [0.25, 0.3) is 0 Å². The van der Waals surface area contributed by atoms with Crippen LogP contribution >= 0.6 is 11.3 Å². The summed E-state index contributed by atoms with van der Waals surface area (Å²) >= 11 is 1.59. The zero-order valence-corrected chi connectivity index (χ0v) is 8.56. The minimum absolute atomic E-state index is 0.212. The largest absolute Gasteiger partial charge is 0.375 e. The summed E-state index contributed by atoms with van der Waals surface area (Å²) in [5.41, 5.74) is 6.76. The maximum Gasteiger partial charge on any atom is 0.180 e. The molecular formula is C9H14N2OS. The van der Waals surface area contributed by atoms with E-state index in [9.17, 15) is 0 Å². The Balaban J connectivity index is 2.26. The van der Waals surface area contributed by atoms with Gasteiger partial charge < -0.3 is 10.5 Å². The molecule has 1 aliphatic rings. The van der Waals surface area contributed by atoms with Crippen molar-refractivity contribution in [3.8, 4) is 0 Å². The van der Waals surface area contributed by atoms with Crippen molar-refractivity contribution in [3.05, 3.63) is 10.6 Å². The van der Waals surface area contributed by atoms with Gasteiger partial charge in [0, 0.05) is 11.5 Å². The molecule has 72 valence electrons. The van der Waals surface area contributed by atoms with Crippen LogP contribution in [0.1, 0.15) is 36.4 Å². The highest BCUT2D eigenvalue weighted by Crippen LogP contribution is 2.33. The van der Waals surface area contributed by atoms with Crippen LogP contribution in [0.5, 0.6) is 0 Å². The quantitative estimate of drug-likeness (QED) is 0.792. The molecule has 2 heterocycles. The zero-order valence-electron chi connectivity index (χ0n) is 7.75. The minimum atomic E-state index is 0.212. The molecule has 13 heavy (non-hydrogen) atoms. The van der Waals surface area contributed by atoms with Crippen LogP contribution in [0.25, 0.3) is 0 Å². The van der Waals surface area contributed by atoms with Gasteiger partial charge in [0.15, 0.2) is 5.13 Å². The van der Waals surface area contributed by atoms with Gasteiger partial charge in [-0.15, -0.1) is 11.3 Å². The lowest BCUT2D eigenvalue weighted by Crippen LogP contribution is -1.99. The third-order valence-electron chi connectivity index (χ3n) is 2.30. The van der Waals surface area contributed by atoms with Crippen LogP contribution in [-0.4, -0.2) is 11.6 Å². The second-order valence-corrected chi connectivity index (χ2v) is 4.33. The van der Waals surface area contributed by atoms with Crippen LogP contribution in [0.4, 0.5) is 5.13 Å². The zero-order chi connectivity index (χ0) is 9.26. The molecule has 2 rings (SSSR count). The van der Waals surface area contributed by atoms with Crippen LogP contribution in [0.3, 0.4) is 0 Å². The van der Waals surface area contributed by atoms with E-state index < -0.39 is 0 Å². The number of rotatable bonds is 2. The number of aryl methyl sites for hydroxylation is 1. The van der Waals surface area contributed by atoms with E-state index in [1.165, 1.54) is 4.88 Å². The lowest BCUT2D eigenvalue weighted by Gasteiger charge is -2.07. The fourth-order valence-corrected chi connectivity index (χ4v) is 2.50. The number of nitrogens with two attached hydrogens (primary N) is 1. The Hall–Kier alpha value is -0.610. The van der Waals surface area contributed by atoms with Crippen LogP contribution in [0.15, 0.2) is 0 Å². The van der Waals surface area contributed by atoms with Gasteiger partial charge >= 0.3 is 0 Å². The first-order valence-electron chi connectivity index (χ1n) is 4.68. The van der Waals surface area contributed by atoms with Crippen molar-refractivity contribution in [3.63, 3.8) is 0 Å². The van der Waals surface area contributed by atoms with E-state index in [2.05, 4.69) is 11.9 Å². The predicted octanol–water partition coefficient (Wildman–Crippen LogP) is 2.14. The summed E-state index contributed by atoms with van der Waals surface area (Å²) < 4.78 is 5.58. The van der Waals surface area contributed by atoms with Gasteiger partial charge in [-0.05, 0) is 19.3 Å². The number of thiazole rings is 1. The van der Waals surface area contributed by atoms with Crippen molar-refractivity contribution in [1.82, 2.24) is 4.98 Å². The summed E-state index contributed by atoms with van der Waals surface area (Å²) in [7, 11) is 0. The molecule has 0 spiro atoms. The first-order chi connectivity index (χ1) is 6.31. The molecule has 1 fully saturated rings. The van der Waals surface area contributed by atoms with Crippen LogP contribution in [0.2, 0.25) is 0 Å². The Morgan fingerprint density at radius 1 is 1.69 bits per heavy atom. The highest BCUT2D eigenvalue weighted by atomic mass is 32.1. The Labute approximate surface area is 81.9 Å². The van der Waals surface area contributed by atoms with Crippen molar-refractivity contribution in [2.45, 2.75) is 32.3 Å². The standard InChI is InChI=1S/C9H14N2OS/c1-2-7-8(11-9(10)13-7)6-4-3-5-12-6/h6H,2-5H2,1H3,(H2,10,11). The van der Waals surface area contributed by atoms with Crippen molar-refractivity contribution < 1.29 is 4.74 Å². The maximum absolute atomic E-state index is 5.67. The van der Waals surface area contributed by atoms with E-state index in [0.717, 1.165) is 31.6 Å². The number of hydrogen-bond acceptors (Lipinski definition) is 4. The molecule has 1 atom stereocenters. The van der Waals surface area contributed by atoms with E-state index in [-0.39, 0.29) is 6.10 Å². The topological polar surface area (TPSA) is 48.1 Å². The summed E-state index contributed by atoms with van der Waals surface area (Å²) in [6.07, 6.45) is 3.45. The minimum Gasteiger partial charge on any atom is -0.375 e. The number of hydrogen-bond donors (Lipinski definition) is 1. The second kappa shape index (κ2) is 3.64. The highest BCUT2D eigenvalue weighted by molar-refractivity contribution is 7.15. The Bertz CT molecular complexity index is 292. The normalized spacial score (nSPS) is 22.4.